The lowest BCUT2D eigenvalue weighted by Crippen LogP contribution is -1.92. The molecular formula is C13H10ClFN4. The van der Waals surface area contributed by atoms with E-state index in [1.165, 1.54) is 12.1 Å². The maximum atomic E-state index is 13.1. The number of benzene rings is 2. The molecule has 0 saturated heterocycles. The molecule has 19 heavy (non-hydrogen) atoms. The third-order valence-electron chi connectivity index (χ3n) is 2.69. The van der Waals surface area contributed by atoms with Gasteiger partial charge in [0, 0.05) is 11.4 Å². The zero-order valence-corrected chi connectivity index (χ0v) is 10.5. The van der Waals surface area contributed by atoms with Gasteiger partial charge in [0.05, 0.1) is 16.1 Å². The first kappa shape index (κ1) is 11.8. The first-order valence-electron chi connectivity index (χ1n) is 5.59. The minimum atomic E-state index is -0.454. The van der Waals surface area contributed by atoms with E-state index < -0.39 is 5.82 Å². The Bertz CT molecular complexity index is 753. The van der Waals surface area contributed by atoms with Gasteiger partial charge in [-0.1, -0.05) is 11.6 Å². The number of fused-ring (bicyclic) bond motifs is 1. The van der Waals surface area contributed by atoms with Gasteiger partial charge in [0.1, 0.15) is 5.82 Å². The molecule has 2 aromatic carbocycles. The Hall–Kier alpha value is -2.27. The summed E-state index contributed by atoms with van der Waals surface area (Å²) in [5, 5.41) is 3.08. The molecule has 3 rings (SSSR count). The standard InChI is InChI=1S/C13H10ClFN4/c14-9-6-8(2-3-10(9)15)17-13-18-11-4-1-7(16)5-12(11)19-13/h1-6H,16H2,(H2,17,18,19). The summed E-state index contributed by atoms with van der Waals surface area (Å²) in [5.74, 6) is 0.0906. The Labute approximate surface area is 113 Å². The molecule has 0 bridgehead atoms. The Morgan fingerprint density at radius 1 is 1.21 bits per heavy atom. The van der Waals surface area contributed by atoms with E-state index in [-0.39, 0.29) is 5.02 Å². The summed E-state index contributed by atoms with van der Waals surface area (Å²) < 4.78 is 13.1. The summed E-state index contributed by atoms with van der Waals surface area (Å²) in [7, 11) is 0. The third-order valence-corrected chi connectivity index (χ3v) is 2.98. The number of halogens is 2. The van der Waals surface area contributed by atoms with E-state index in [2.05, 4.69) is 15.3 Å². The van der Waals surface area contributed by atoms with Crippen LogP contribution >= 0.6 is 11.6 Å². The van der Waals surface area contributed by atoms with Gasteiger partial charge in [-0.25, -0.2) is 9.37 Å². The molecule has 0 fully saturated rings. The number of H-pyrrole nitrogens is 1. The molecule has 6 heteroatoms. The molecule has 0 aliphatic carbocycles. The Morgan fingerprint density at radius 3 is 2.84 bits per heavy atom. The average Bonchev–Trinajstić information content (AvgIpc) is 2.75. The van der Waals surface area contributed by atoms with Crippen molar-refractivity contribution >= 4 is 40.0 Å². The molecule has 0 spiro atoms. The van der Waals surface area contributed by atoms with E-state index >= 15 is 0 Å². The number of nitrogens with two attached hydrogens (primary N) is 1. The number of aromatic amines is 1. The molecule has 0 saturated carbocycles. The lowest BCUT2D eigenvalue weighted by Gasteiger charge is -2.03. The van der Waals surface area contributed by atoms with Crippen molar-refractivity contribution in [3.8, 4) is 0 Å². The van der Waals surface area contributed by atoms with E-state index in [1.807, 2.05) is 6.07 Å². The fourth-order valence-electron chi connectivity index (χ4n) is 1.80. The van der Waals surface area contributed by atoms with E-state index in [0.29, 0.717) is 17.3 Å². The number of rotatable bonds is 2. The molecule has 3 aromatic rings. The fourth-order valence-corrected chi connectivity index (χ4v) is 1.98. The second kappa shape index (κ2) is 4.44. The highest BCUT2D eigenvalue weighted by molar-refractivity contribution is 6.31. The van der Waals surface area contributed by atoms with E-state index in [0.717, 1.165) is 11.0 Å². The lowest BCUT2D eigenvalue weighted by molar-refractivity contribution is 0.628. The van der Waals surface area contributed by atoms with Crippen LogP contribution in [0.5, 0.6) is 0 Å². The first-order chi connectivity index (χ1) is 9.11. The summed E-state index contributed by atoms with van der Waals surface area (Å²) in [6, 6.07) is 9.78. The van der Waals surface area contributed by atoms with Gasteiger partial charge in [0.25, 0.3) is 0 Å². The summed E-state index contributed by atoms with van der Waals surface area (Å²) in [6.45, 7) is 0. The van der Waals surface area contributed by atoms with Gasteiger partial charge in [-0.15, -0.1) is 0 Å². The average molecular weight is 277 g/mol. The zero-order chi connectivity index (χ0) is 13.4. The van der Waals surface area contributed by atoms with E-state index in [1.54, 1.807) is 18.2 Å². The first-order valence-corrected chi connectivity index (χ1v) is 5.97. The minimum Gasteiger partial charge on any atom is -0.399 e. The SMILES string of the molecule is Nc1ccc2nc(Nc3ccc(F)c(Cl)c3)[nH]c2c1. The van der Waals surface area contributed by atoms with Crippen LogP contribution in [0.15, 0.2) is 36.4 Å². The van der Waals surface area contributed by atoms with Crippen LogP contribution in [-0.2, 0) is 0 Å². The van der Waals surface area contributed by atoms with Crippen molar-refractivity contribution in [2.45, 2.75) is 0 Å². The Kier molecular flexibility index (Phi) is 2.76. The maximum absolute atomic E-state index is 13.1. The van der Waals surface area contributed by atoms with Gasteiger partial charge in [-0.2, -0.15) is 0 Å². The summed E-state index contributed by atoms with van der Waals surface area (Å²) in [6.07, 6.45) is 0. The van der Waals surface area contributed by atoms with Crippen molar-refractivity contribution < 1.29 is 4.39 Å². The molecular weight excluding hydrogens is 267 g/mol. The highest BCUT2D eigenvalue weighted by atomic mass is 35.5. The Balaban J connectivity index is 1.94. The molecule has 96 valence electrons. The van der Waals surface area contributed by atoms with Gasteiger partial charge >= 0.3 is 0 Å². The number of imidazole rings is 1. The second-order valence-corrected chi connectivity index (χ2v) is 4.52. The number of nitrogen functional groups attached to an aromatic ring is 1. The molecule has 0 radical (unpaired) electrons. The van der Waals surface area contributed by atoms with Crippen LogP contribution in [-0.4, -0.2) is 9.97 Å². The van der Waals surface area contributed by atoms with Gasteiger partial charge < -0.3 is 16.0 Å². The highest BCUT2D eigenvalue weighted by Gasteiger charge is 2.05. The van der Waals surface area contributed by atoms with Crippen LogP contribution in [0.4, 0.5) is 21.7 Å². The highest BCUT2D eigenvalue weighted by Crippen LogP contribution is 2.23. The van der Waals surface area contributed by atoms with Crippen molar-refractivity contribution in [1.29, 1.82) is 0 Å². The van der Waals surface area contributed by atoms with Crippen molar-refractivity contribution in [2.24, 2.45) is 0 Å². The predicted molar refractivity (Wildman–Crippen MR) is 75.2 cm³/mol. The zero-order valence-electron chi connectivity index (χ0n) is 9.74. The number of nitrogens with zero attached hydrogens (tertiary/aromatic N) is 1. The third kappa shape index (κ3) is 2.32. The maximum Gasteiger partial charge on any atom is 0.205 e. The normalized spacial score (nSPS) is 10.8. The summed E-state index contributed by atoms with van der Waals surface area (Å²) in [4.78, 5) is 7.42. The van der Waals surface area contributed by atoms with Crippen LogP contribution < -0.4 is 11.1 Å². The van der Waals surface area contributed by atoms with Crippen LogP contribution in [0.25, 0.3) is 11.0 Å². The Morgan fingerprint density at radius 2 is 2.05 bits per heavy atom. The molecule has 0 unspecified atom stereocenters. The van der Waals surface area contributed by atoms with Crippen LogP contribution in [0.3, 0.4) is 0 Å². The van der Waals surface area contributed by atoms with Crippen LogP contribution in [0.1, 0.15) is 0 Å². The minimum absolute atomic E-state index is 0.0605. The smallest absolute Gasteiger partial charge is 0.205 e. The quantitative estimate of drug-likeness (QED) is 0.626. The number of hydrogen-bond acceptors (Lipinski definition) is 3. The molecule has 0 aliphatic rings. The van der Waals surface area contributed by atoms with Crippen molar-refractivity contribution in [2.75, 3.05) is 11.1 Å². The topological polar surface area (TPSA) is 66.7 Å². The van der Waals surface area contributed by atoms with Gasteiger partial charge in [0.2, 0.25) is 5.95 Å². The molecule has 0 atom stereocenters. The largest absolute Gasteiger partial charge is 0.399 e. The molecule has 1 heterocycles. The predicted octanol–water partition coefficient (Wildman–Crippen LogP) is 3.68. The van der Waals surface area contributed by atoms with E-state index in [4.69, 9.17) is 17.3 Å². The van der Waals surface area contributed by atoms with Gasteiger partial charge in [-0.3, -0.25) is 0 Å². The van der Waals surface area contributed by atoms with Crippen molar-refractivity contribution in [3.05, 3.63) is 47.2 Å². The molecule has 0 amide bonds. The summed E-state index contributed by atoms with van der Waals surface area (Å²) >= 11 is 5.72. The van der Waals surface area contributed by atoms with Crippen LogP contribution in [0, 0.1) is 5.82 Å². The number of nitrogens with one attached hydrogen (secondary N) is 2. The molecule has 0 aliphatic heterocycles. The molecule has 4 nitrogen and oxygen atoms in total. The molecule has 4 N–H and O–H groups in total. The number of aromatic nitrogens is 2. The summed E-state index contributed by atoms with van der Waals surface area (Å²) in [5.41, 5.74) is 8.63. The monoisotopic (exact) mass is 276 g/mol. The van der Waals surface area contributed by atoms with Crippen LogP contribution in [0.2, 0.25) is 5.02 Å². The number of hydrogen-bond donors (Lipinski definition) is 3. The second-order valence-electron chi connectivity index (χ2n) is 4.12. The molecule has 1 aromatic heterocycles. The van der Waals surface area contributed by atoms with Crippen molar-refractivity contribution in [3.63, 3.8) is 0 Å². The van der Waals surface area contributed by atoms with Crippen molar-refractivity contribution in [1.82, 2.24) is 9.97 Å². The van der Waals surface area contributed by atoms with Gasteiger partial charge in [0.15, 0.2) is 0 Å². The van der Waals surface area contributed by atoms with Gasteiger partial charge in [-0.05, 0) is 36.4 Å². The fraction of sp³-hybridized carbons (Fsp3) is 0. The van der Waals surface area contributed by atoms with E-state index in [9.17, 15) is 4.39 Å². The number of anilines is 3. The lowest BCUT2D eigenvalue weighted by atomic mass is 10.3.